The molecule has 5 heteroatoms. The maximum atomic E-state index is 11.1. The molecule has 4 nitrogen and oxygen atoms in total. The highest BCUT2D eigenvalue weighted by atomic mass is 35.5. The molecule has 0 atom stereocenters. The van der Waals surface area contributed by atoms with Gasteiger partial charge < -0.3 is 9.47 Å². The maximum absolute atomic E-state index is 11.1. The minimum atomic E-state index is -0.438. The summed E-state index contributed by atoms with van der Waals surface area (Å²) >= 11 is 6.19. The first kappa shape index (κ1) is 13.6. The van der Waals surface area contributed by atoms with Gasteiger partial charge in [-0.15, -0.1) is 0 Å². The van der Waals surface area contributed by atoms with E-state index in [1.165, 1.54) is 7.11 Å². The molecule has 1 heterocycles. The highest BCUT2D eigenvalue weighted by Gasteiger charge is 2.12. The second-order valence-electron chi connectivity index (χ2n) is 4.21. The molecule has 0 fully saturated rings. The van der Waals surface area contributed by atoms with Crippen LogP contribution < -0.4 is 4.74 Å². The van der Waals surface area contributed by atoms with Crippen LogP contribution in [0.25, 0.3) is 10.9 Å². The number of ether oxygens (including phenoxy) is 2. The first-order valence-electron chi connectivity index (χ1n) is 5.79. The number of aryl methyl sites for hydroxylation is 2. The van der Waals surface area contributed by atoms with Gasteiger partial charge in [0.1, 0.15) is 11.3 Å². The van der Waals surface area contributed by atoms with Gasteiger partial charge in [0, 0.05) is 11.1 Å². The number of carbonyl (C=O) groups is 1. The summed E-state index contributed by atoms with van der Waals surface area (Å²) in [6.45, 7) is 3.71. The van der Waals surface area contributed by atoms with Crippen LogP contribution in [0.3, 0.4) is 0 Å². The average Bonchev–Trinajstić information content (AvgIpc) is 2.36. The van der Waals surface area contributed by atoms with E-state index in [-0.39, 0.29) is 6.61 Å². The van der Waals surface area contributed by atoms with Crippen molar-refractivity contribution in [3.63, 3.8) is 0 Å². The maximum Gasteiger partial charge on any atom is 0.343 e. The van der Waals surface area contributed by atoms with Crippen molar-refractivity contribution in [2.75, 3.05) is 13.7 Å². The van der Waals surface area contributed by atoms with Gasteiger partial charge in [0.2, 0.25) is 0 Å². The molecule has 0 spiro atoms. The van der Waals surface area contributed by atoms with Gasteiger partial charge >= 0.3 is 5.97 Å². The number of carbonyl (C=O) groups excluding carboxylic acids is 1. The van der Waals surface area contributed by atoms with Gasteiger partial charge in [-0.3, -0.25) is 0 Å². The van der Waals surface area contributed by atoms with Crippen LogP contribution in [0.2, 0.25) is 5.02 Å². The van der Waals surface area contributed by atoms with Crippen LogP contribution in [-0.2, 0) is 9.53 Å². The molecule has 0 unspecified atom stereocenters. The van der Waals surface area contributed by atoms with E-state index in [1.54, 1.807) is 12.1 Å². The van der Waals surface area contributed by atoms with Gasteiger partial charge in [-0.1, -0.05) is 11.6 Å². The third-order valence-electron chi connectivity index (χ3n) is 2.77. The summed E-state index contributed by atoms with van der Waals surface area (Å²) in [6, 6.07) is 5.40. The number of methoxy groups -OCH3 is 1. The number of aromatic nitrogens is 1. The van der Waals surface area contributed by atoms with Crippen LogP contribution in [-0.4, -0.2) is 24.7 Å². The van der Waals surface area contributed by atoms with Crippen LogP contribution in [0.5, 0.6) is 5.75 Å². The van der Waals surface area contributed by atoms with E-state index in [0.29, 0.717) is 16.3 Å². The third kappa shape index (κ3) is 2.79. The Labute approximate surface area is 116 Å². The topological polar surface area (TPSA) is 48.4 Å². The molecule has 0 bridgehead atoms. The van der Waals surface area contributed by atoms with Crippen molar-refractivity contribution in [2.45, 2.75) is 13.8 Å². The third-order valence-corrected chi connectivity index (χ3v) is 3.09. The Bertz CT molecular complexity index is 640. The van der Waals surface area contributed by atoms with Crippen molar-refractivity contribution in [3.8, 4) is 5.75 Å². The van der Waals surface area contributed by atoms with E-state index >= 15 is 0 Å². The Hall–Kier alpha value is -1.81. The number of esters is 1. The molecule has 0 radical (unpaired) electrons. The van der Waals surface area contributed by atoms with Crippen molar-refractivity contribution >= 4 is 28.5 Å². The molecule has 100 valence electrons. The molecule has 0 aliphatic carbocycles. The van der Waals surface area contributed by atoms with Gasteiger partial charge in [0.05, 0.1) is 12.1 Å². The number of rotatable bonds is 3. The number of halogens is 1. The fraction of sp³-hybridized carbons (Fsp3) is 0.286. The van der Waals surface area contributed by atoms with Gasteiger partial charge in [-0.05, 0) is 37.6 Å². The second kappa shape index (κ2) is 5.45. The van der Waals surface area contributed by atoms with Crippen LogP contribution in [0.1, 0.15) is 11.3 Å². The lowest BCUT2D eigenvalue weighted by Gasteiger charge is -2.11. The molecule has 1 aromatic carbocycles. The summed E-state index contributed by atoms with van der Waals surface area (Å²) in [7, 11) is 1.32. The van der Waals surface area contributed by atoms with Crippen LogP contribution >= 0.6 is 11.6 Å². The minimum Gasteiger partial charge on any atom is -0.480 e. The van der Waals surface area contributed by atoms with Gasteiger partial charge in [-0.25, -0.2) is 9.78 Å². The number of nitrogens with zero attached hydrogens (tertiary/aromatic N) is 1. The number of benzene rings is 1. The molecule has 0 aliphatic rings. The van der Waals surface area contributed by atoms with E-state index in [9.17, 15) is 4.79 Å². The summed E-state index contributed by atoms with van der Waals surface area (Å²) in [5, 5.41) is 1.46. The first-order chi connectivity index (χ1) is 9.02. The average molecular weight is 280 g/mol. The van der Waals surface area contributed by atoms with Gasteiger partial charge in [0.25, 0.3) is 0 Å². The predicted octanol–water partition coefficient (Wildman–Crippen LogP) is 3.06. The molecule has 0 amide bonds. The van der Waals surface area contributed by atoms with E-state index in [1.807, 2.05) is 19.9 Å². The Morgan fingerprint density at radius 3 is 2.79 bits per heavy atom. The molecular weight excluding hydrogens is 266 g/mol. The summed E-state index contributed by atoms with van der Waals surface area (Å²) in [4.78, 5) is 15.6. The molecule has 2 aromatic rings. The first-order valence-corrected chi connectivity index (χ1v) is 6.17. The van der Waals surface area contributed by atoms with Crippen LogP contribution in [0, 0.1) is 13.8 Å². The lowest BCUT2D eigenvalue weighted by Crippen LogP contribution is -2.12. The van der Waals surface area contributed by atoms with E-state index in [4.69, 9.17) is 16.3 Å². The Morgan fingerprint density at radius 1 is 1.37 bits per heavy atom. The molecule has 19 heavy (non-hydrogen) atoms. The minimum absolute atomic E-state index is 0.151. The number of fused-ring (bicyclic) bond motifs is 1. The monoisotopic (exact) mass is 279 g/mol. The van der Waals surface area contributed by atoms with Crippen molar-refractivity contribution in [3.05, 3.63) is 34.5 Å². The lowest BCUT2D eigenvalue weighted by atomic mass is 10.1. The molecule has 1 aromatic heterocycles. The molecule has 0 aliphatic heterocycles. The number of hydrogen-bond acceptors (Lipinski definition) is 4. The van der Waals surface area contributed by atoms with E-state index < -0.39 is 5.97 Å². The normalized spacial score (nSPS) is 10.5. The SMILES string of the molecule is COC(=O)COc1ccc(Cl)c2c(C)cc(C)nc12. The lowest BCUT2D eigenvalue weighted by molar-refractivity contribution is -0.142. The Morgan fingerprint density at radius 2 is 2.11 bits per heavy atom. The van der Waals surface area contributed by atoms with E-state index in [2.05, 4.69) is 9.72 Å². The zero-order valence-electron chi connectivity index (χ0n) is 11.0. The quantitative estimate of drug-likeness (QED) is 0.810. The van der Waals surface area contributed by atoms with Crippen molar-refractivity contribution in [2.24, 2.45) is 0 Å². The highest BCUT2D eigenvalue weighted by molar-refractivity contribution is 6.35. The highest BCUT2D eigenvalue weighted by Crippen LogP contribution is 2.32. The standard InChI is InChI=1S/C14H14ClNO3/c1-8-6-9(2)16-14-11(19-7-12(17)18-3)5-4-10(15)13(8)14/h4-6H,7H2,1-3H3. The Kier molecular flexibility index (Phi) is 3.90. The number of hydrogen-bond donors (Lipinski definition) is 0. The summed E-state index contributed by atoms with van der Waals surface area (Å²) in [5.74, 6) is 0.0871. The smallest absolute Gasteiger partial charge is 0.343 e. The molecular formula is C14H14ClNO3. The summed E-state index contributed by atoms with van der Waals surface area (Å²) < 4.78 is 9.99. The number of pyridine rings is 1. The van der Waals surface area contributed by atoms with E-state index in [0.717, 1.165) is 16.6 Å². The summed E-state index contributed by atoms with van der Waals surface area (Å²) in [6.07, 6.45) is 0. The fourth-order valence-corrected chi connectivity index (χ4v) is 2.24. The summed E-state index contributed by atoms with van der Waals surface area (Å²) in [5.41, 5.74) is 2.56. The van der Waals surface area contributed by atoms with Crippen LogP contribution in [0.15, 0.2) is 18.2 Å². The molecule has 2 rings (SSSR count). The van der Waals surface area contributed by atoms with Crippen molar-refractivity contribution < 1.29 is 14.3 Å². The molecule has 0 saturated carbocycles. The van der Waals surface area contributed by atoms with Crippen molar-refractivity contribution in [1.29, 1.82) is 0 Å². The second-order valence-corrected chi connectivity index (χ2v) is 4.62. The van der Waals surface area contributed by atoms with Gasteiger partial charge in [0.15, 0.2) is 6.61 Å². The largest absolute Gasteiger partial charge is 0.480 e. The molecule has 0 saturated heterocycles. The predicted molar refractivity (Wildman–Crippen MR) is 73.7 cm³/mol. The fourth-order valence-electron chi connectivity index (χ4n) is 1.94. The van der Waals surface area contributed by atoms with Crippen LogP contribution in [0.4, 0.5) is 0 Å². The zero-order chi connectivity index (χ0) is 14.0. The van der Waals surface area contributed by atoms with Crippen molar-refractivity contribution in [1.82, 2.24) is 4.98 Å². The molecule has 0 N–H and O–H groups in total. The zero-order valence-corrected chi connectivity index (χ0v) is 11.7. The Balaban J connectivity index is 2.50. The van der Waals surface area contributed by atoms with Gasteiger partial charge in [-0.2, -0.15) is 0 Å².